The van der Waals surface area contributed by atoms with E-state index < -0.39 is 0 Å². The molecule has 8 heteroatoms. The monoisotopic (exact) mass is 442 g/mol. The highest BCUT2D eigenvalue weighted by molar-refractivity contribution is 5.95. The van der Waals surface area contributed by atoms with Gasteiger partial charge < -0.3 is 20.4 Å². The fraction of sp³-hybridized carbons (Fsp3) is 0.625. The van der Waals surface area contributed by atoms with Gasteiger partial charge in [0, 0.05) is 64.0 Å². The maximum absolute atomic E-state index is 12.7. The third-order valence-electron chi connectivity index (χ3n) is 5.82. The van der Waals surface area contributed by atoms with Gasteiger partial charge in [-0.2, -0.15) is 0 Å². The number of hydrogen-bond donors (Lipinski definition) is 2. The number of amides is 2. The number of carbonyl (C=O) groups excluding carboxylic acids is 2. The SMILES string of the molecule is CCNC(=NCCCC(=O)N1CCc2ccccc21)N1CCN(CC(=O)NC(C)C)CC1. The number of carbonyl (C=O) groups is 2. The van der Waals surface area contributed by atoms with Gasteiger partial charge in [-0.1, -0.05) is 18.2 Å². The van der Waals surface area contributed by atoms with Crippen LogP contribution in [0.3, 0.4) is 0 Å². The van der Waals surface area contributed by atoms with Gasteiger partial charge in [0.25, 0.3) is 0 Å². The summed E-state index contributed by atoms with van der Waals surface area (Å²) in [7, 11) is 0. The number of anilines is 1. The van der Waals surface area contributed by atoms with Crippen molar-refractivity contribution in [2.24, 2.45) is 4.99 Å². The van der Waals surface area contributed by atoms with Gasteiger partial charge in [0.1, 0.15) is 0 Å². The molecular weight excluding hydrogens is 404 g/mol. The van der Waals surface area contributed by atoms with Crippen LogP contribution in [0, 0.1) is 0 Å². The third-order valence-corrected chi connectivity index (χ3v) is 5.82. The Balaban J connectivity index is 1.43. The standard InChI is InChI=1S/C24H38N6O2/c1-4-25-24(29-16-14-28(15-17-29)18-22(31)27-19(2)3)26-12-7-10-23(32)30-13-11-20-8-5-6-9-21(20)30/h5-6,8-9,19H,4,7,10-18H2,1-3H3,(H,25,26)(H,27,31). The number of piperazine rings is 1. The molecule has 0 radical (unpaired) electrons. The van der Waals surface area contributed by atoms with Crippen molar-refractivity contribution in [3.05, 3.63) is 29.8 Å². The van der Waals surface area contributed by atoms with Crippen LogP contribution in [0.2, 0.25) is 0 Å². The quantitative estimate of drug-likeness (QED) is 0.362. The third kappa shape index (κ3) is 6.69. The Morgan fingerprint density at radius 1 is 1.09 bits per heavy atom. The summed E-state index contributed by atoms with van der Waals surface area (Å²) in [4.78, 5) is 35.8. The first-order valence-corrected chi connectivity index (χ1v) is 11.9. The molecule has 0 atom stereocenters. The van der Waals surface area contributed by atoms with Crippen molar-refractivity contribution in [1.82, 2.24) is 20.4 Å². The molecule has 0 bridgehead atoms. The summed E-state index contributed by atoms with van der Waals surface area (Å²) in [5.41, 5.74) is 2.32. The Morgan fingerprint density at radius 2 is 1.84 bits per heavy atom. The zero-order valence-electron chi connectivity index (χ0n) is 19.8. The van der Waals surface area contributed by atoms with E-state index in [0.717, 1.165) is 63.8 Å². The first kappa shape index (κ1) is 24.0. The van der Waals surface area contributed by atoms with Crippen LogP contribution in [-0.4, -0.2) is 86.0 Å². The van der Waals surface area contributed by atoms with Crippen molar-refractivity contribution in [3.63, 3.8) is 0 Å². The first-order valence-electron chi connectivity index (χ1n) is 11.9. The fourth-order valence-electron chi connectivity index (χ4n) is 4.26. The number of nitrogens with one attached hydrogen (secondary N) is 2. The maximum atomic E-state index is 12.7. The highest BCUT2D eigenvalue weighted by atomic mass is 16.2. The average Bonchev–Trinajstić information content (AvgIpc) is 3.20. The lowest BCUT2D eigenvalue weighted by atomic mass is 10.2. The van der Waals surface area contributed by atoms with Gasteiger partial charge >= 0.3 is 0 Å². The number of benzene rings is 1. The number of guanidine groups is 1. The Hall–Kier alpha value is -2.61. The van der Waals surface area contributed by atoms with Crippen LogP contribution in [0.1, 0.15) is 39.2 Å². The molecule has 1 aromatic carbocycles. The first-order chi connectivity index (χ1) is 15.5. The minimum Gasteiger partial charge on any atom is -0.357 e. The predicted molar refractivity (Wildman–Crippen MR) is 129 cm³/mol. The lowest BCUT2D eigenvalue weighted by Gasteiger charge is -2.36. The number of rotatable bonds is 8. The lowest BCUT2D eigenvalue weighted by molar-refractivity contribution is -0.123. The molecule has 3 rings (SSSR count). The highest BCUT2D eigenvalue weighted by Gasteiger charge is 2.24. The Kier molecular flexibility index (Phi) is 8.90. The van der Waals surface area contributed by atoms with Crippen molar-refractivity contribution in [2.75, 3.05) is 57.3 Å². The summed E-state index contributed by atoms with van der Waals surface area (Å²) in [6.07, 6.45) is 2.19. The molecule has 2 heterocycles. The van der Waals surface area contributed by atoms with Gasteiger partial charge in [0.2, 0.25) is 11.8 Å². The van der Waals surface area contributed by atoms with Crippen molar-refractivity contribution in [1.29, 1.82) is 0 Å². The van der Waals surface area contributed by atoms with Crippen molar-refractivity contribution >= 4 is 23.5 Å². The molecule has 1 aromatic rings. The molecule has 8 nitrogen and oxygen atoms in total. The molecule has 176 valence electrons. The fourth-order valence-corrected chi connectivity index (χ4v) is 4.26. The highest BCUT2D eigenvalue weighted by Crippen LogP contribution is 2.28. The molecule has 1 fully saturated rings. The zero-order chi connectivity index (χ0) is 22.9. The summed E-state index contributed by atoms with van der Waals surface area (Å²) >= 11 is 0. The molecule has 0 saturated carbocycles. The van der Waals surface area contributed by atoms with Crippen LogP contribution in [-0.2, 0) is 16.0 Å². The van der Waals surface area contributed by atoms with Gasteiger partial charge in [-0.25, -0.2) is 0 Å². The van der Waals surface area contributed by atoms with E-state index in [1.165, 1.54) is 5.56 Å². The van der Waals surface area contributed by atoms with Crippen LogP contribution in [0.5, 0.6) is 0 Å². The summed E-state index contributed by atoms with van der Waals surface area (Å²) in [6, 6.07) is 8.33. The van der Waals surface area contributed by atoms with Gasteiger partial charge in [0.15, 0.2) is 5.96 Å². The minimum absolute atomic E-state index is 0.0827. The number of fused-ring (bicyclic) bond motifs is 1. The molecule has 32 heavy (non-hydrogen) atoms. The molecule has 0 aromatic heterocycles. The van der Waals surface area contributed by atoms with Crippen LogP contribution < -0.4 is 15.5 Å². The number of hydrogen-bond acceptors (Lipinski definition) is 4. The number of para-hydroxylation sites is 1. The summed E-state index contributed by atoms with van der Waals surface area (Å²) in [5.74, 6) is 1.17. The van der Waals surface area contributed by atoms with Gasteiger partial charge in [-0.15, -0.1) is 0 Å². The van der Waals surface area contributed by atoms with Gasteiger partial charge in [0.05, 0.1) is 6.54 Å². The topological polar surface area (TPSA) is 80.3 Å². The molecule has 2 aliphatic heterocycles. The van der Waals surface area contributed by atoms with E-state index in [1.54, 1.807) is 0 Å². The number of nitrogens with zero attached hydrogens (tertiary/aromatic N) is 4. The summed E-state index contributed by atoms with van der Waals surface area (Å²) in [5, 5.41) is 6.33. The lowest BCUT2D eigenvalue weighted by Crippen LogP contribution is -2.54. The van der Waals surface area contributed by atoms with E-state index in [1.807, 2.05) is 36.9 Å². The van der Waals surface area contributed by atoms with E-state index in [4.69, 9.17) is 4.99 Å². The second kappa shape index (κ2) is 11.9. The Morgan fingerprint density at radius 3 is 2.56 bits per heavy atom. The van der Waals surface area contributed by atoms with Gasteiger partial charge in [-0.05, 0) is 45.2 Å². The second-order valence-electron chi connectivity index (χ2n) is 8.75. The zero-order valence-corrected chi connectivity index (χ0v) is 19.8. The average molecular weight is 443 g/mol. The molecule has 2 amide bonds. The van der Waals surface area contributed by atoms with Gasteiger partial charge in [-0.3, -0.25) is 19.5 Å². The van der Waals surface area contributed by atoms with E-state index in [9.17, 15) is 9.59 Å². The molecule has 0 aliphatic carbocycles. The molecule has 2 aliphatic rings. The molecule has 0 unspecified atom stereocenters. The maximum Gasteiger partial charge on any atom is 0.234 e. The van der Waals surface area contributed by atoms with E-state index in [2.05, 4.69) is 33.4 Å². The smallest absolute Gasteiger partial charge is 0.234 e. The van der Waals surface area contributed by atoms with Crippen molar-refractivity contribution < 1.29 is 9.59 Å². The van der Waals surface area contributed by atoms with Crippen molar-refractivity contribution in [2.45, 2.75) is 46.1 Å². The largest absolute Gasteiger partial charge is 0.357 e. The molecule has 1 saturated heterocycles. The Labute approximate surface area is 192 Å². The van der Waals surface area contributed by atoms with E-state index in [-0.39, 0.29) is 17.9 Å². The predicted octanol–water partition coefficient (Wildman–Crippen LogP) is 1.46. The van der Waals surface area contributed by atoms with Crippen LogP contribution in [0.25, 0.3) is 0 Å². The normalized spacial score (nSPS) is 16.9. The Bertz CT molecular complexity index is 801. The molecular formula is C24H38N6O2. The van der Waals surface area contributed by atoms with E-state index >= 15 is 0 Å². The van der Waals surface area contributed by atoms with Crippen LogP contribution in [0.15, 0.2) is 29.3 Å². The number of aliphatic imine (C=N–C) groups is 1. The minimum atomic E-state index is 0.0827. The van der Waals surface area contributed by atoms with Crippen LogP contribution >= 0.6 is 0 Å². The molecule has 0 spiro atoms. The molecule has 2 N–H and O–H groups in total. The second-order valence-corrected chi connectivity index (χ2v) is 8.75. The van der Waals surface area contributed by atoms with Crippen LogP contribution in [0.4, 0.5) is 5.69 Å². The summed E-state index contributed by atoms with van der Waals surface area (Å²) in [6.45, 7) is 12.0. The van der Waals surface area contributed by atoms with Crippen molar-refractivity contribution in [3.8, 4) is 0 Å². The summed E-state index contributed by atoms with van der Waals surface area (Å²) < 4.78 is 0. The van der Waals surface area contributed by atoms with E-state index in [0.29, 0.717) is 19.5 Å².